The number of aliphatic imine (C=N–C) groups is 2. The first kappa shape index (κ1) is 26.6. The van der Waals surface area contributed by atoms with E-state index in [1.165, 1.54) is 0 Å². The van der Waals surface area contributed by atoms with Gasteiger partial charge in [-0.2, -0.15) is 0 Å². The second kappa shape index (κ2) is 13.1. The number of hydrogen-bond acceptors (Lipinski definition) is 5. The van der Waals surface area contributed by atoms with Crippen molar-refractivity contribution < 1.29 is 25.0 Å². The van der Waals surface area contributed by atoms with E-state index >= 15 is 0 Å². The number of rotatable bonds is 8. The van der Waals surface area contributed by atoms with E-state index in [0.29, 0.717) is 30.4 Å². The molecule has 3 atom stereocenters. The molecule has 0 bridgehead atoms. The zero-order chi connectivity index (χ0) is 23.0. The summed E-state index contributed by atoms with van der Waals surface area (Å²) in [6, 6.07) is 8.85. The molecule has 1 aromatic rings. The average molecular weight is 522 g/mol. The van der Waals surface area contributed by atoms with Crippen LogP contribution in [0.4, 0.5) is 0 Å². The van der Waals surface area contributed by atoms with Crippen LogP contribution in [0.25, 0.3) is 0 Å². The molecule has 3 rings (SSSR count). The zero-order valence-corrected chi connectivity index (χ0v) is 23.9. The summed E-state index contributed by atoms with van der Waals surface area (Å²) >= 11 is -0.931. The van der Waals surface area contributed by atoms with Gasteiger partial charge in [-0.05, 0) is 30.2 Å². The van der Waals surface area contributed by atoms with Crippen LogP contribution in [0.5, 0.6) is 0 Å². The summed E-state index contributed by atoms with van der Waals surface area (Å²) in [5, 5.41) is 9.31. The van der Waals surface area contributed by atoms with Crippen LogP contribution >= 0.6 is 19.4 Å². The summed E-state index contributed by atoms with van der Waals surface area (Å²) in [6.07, 6.45) is 0.809. The van der Waals surface area contributed by atoms with Crippen LogP contribution in [0.1, 0.15) is 52.2 Å². The van der Waals surface area contributed by atoms with Gasteiger partial charge in [-0.25, -0.2) is 4.99 Å². The second-order valence-electron chi connectivity index (χ2n) is 8.99. The molecule has 0 spiro atoms. The maximum absolute atomic E-state index is 9.31. The molecular weight excluding hydrogens is 487 g/mol. The Labute approximate surface area is 203 Å². The van der Waals surface area contributed by atoms with Crippen LogP contribution in [-0.2, 0) is 19.9 Å². The molecule has 0 fully saturated rings. The summed E-state index contributed by atoms with van der Waals surface area (Å²) in [7, 11) is 9.90. The summed E-state index contributed by atoms with van der Waals surface area (Å²) in [5.74, 6) is 3.16. The Morgan fingerprint density at radius 3 is 2.23 bits per heavy atom. The van der Waals surface area contributed by atoms with Crippen molar-refractivity contribution in [2.75, 3.05) is 26.3 Å². The quantitative estimate of drug-likeness (QED) is 0.492. The van der Waals surface area contributed by atoms with E-state index < -0.39 is 15.1 Å². The van der Waals surface area contributed by atoms with Gasteiger partial charge >= 0.3 is 34.5 Å². The first-order chi connectivity index (χ1) is 14.8. The molecule has 0 aromatic heterocycles. The fraction of sp³-hybridized carbons (Fsp3) is 0.652. The number of halogens is 2. The Balaban J connectivity index is 0.00000107. The maximum atomic E-state index is 9.31. The van der Waals surface area contributed by atoms with Gasteiger partial charge in [0.2, 0.25) is 5.90 Å². The topological polar surface area (TPSA) is 57.4 Å². The van der Waals surface area contributed by atoms with E-state index in [9.17, 15) is 5.11 Å². The SMILES string of the molecule is CC(C)[C@H]1COC(c2ccccc2C2=N[C@@H](C(C)C)CN2C[C@@H](C)CCO)=N1.[Cl][Zn][Cl]. The van der Waals surface area contributed by atoms with Crippen LogP contribution in [0, 0.1) is 17.8 Å². The number of ether oxygens (including phenoxy) is 1. The molecule has 0 saturated carbocycles. The van der Waals surface area contributed by atoms with Crippen molar-refractivity contribution in [1.29, 1.82) is 0 Å². The predicted octanol–water partition coefficient (Wildman–Crippen LogP) is 4.97. The number of amidine groups is 1. The molecule has 31 heavy (non-hydrogen) atoms. The van der Waals surface area contributed by atoms with Gasteiger partial charge in [0.25, 0.3) is 0 Å². The fourth-order valence-corrected chi connectivity index (χ4v) is 3.78. The number of hydrogen-bond donors (Lipinski definition) is 1. The Morgan fingerprint density at radius 2 is 1.68 bits per heavy atom. The van der Waals surface area contributed by atoms with Crippen LogP contribution in [0.2, 0.25) is 0 Å². The zero-order valence-electron chi connectivity index (χ0n) is 19.4. The summed E-state index contributed by atoms with van der Waals surface area (Å²) in [6.45, 7) is 13.7. The molecular formula is C23H35Cl2N3O2Zn. The van der Waals surface area contributed by atoms with Crippen LogP contribution in [-0.4, -0.2) is 60.1 Å². The van der Waals surface area contributed by atoms with E-state index in [4.69, 9.17) is 34.1 Å². The molecule has 1 N–H and O–H groups in total. The average Bonchev–Trinajstić information content (AvgIpc) is 3.36. The molecule has 1 aromatic carbocycles. The number of nitrogens with zero attached hydrogens (tertiary/aromatic N) is 3. The van der Waals surface area contributed by atoms with Crippen molar-refractivity contribution in [1.82, 2.24) is 4.90 Å². The van der Waals surface area contributed by atoms with Gasteiger partial charge in [0, 0.05) is 30.8 Å². The molecule has 0 amide bonds. The van der Waals surface area contributed by atoms with Crippen molar-refractivity contribution in [3.05, 3.63) is 35.4 Å². The standard InChI is InChI=1S/C23H35N3O2.2ClH.Zn/c1-15(2)20-13-26(12-17(5)10-11-27)22(24-20)18-8-6-7-9-19(18)23-25-21(14-28-23)16(3)4;;;/h6-9,15-17,20-21,27H,10-14H2,1-5H3;2*1H;/q;;;+2/p-2/t17-,20+,21+;;;/m0.../s1. The predicted molar refractivity (Wildman–Crippen MR) is 127 cm³/mol. The van der Waals surface area contributed by atoms with Gasteiger partial charge in [-0.15, -0.1) is 0 Å². The Morgan fingerprint density at radius 1 is 1.06 bits per heavy atom. The Kier molecular flexibility index (Phi) is 11.3. The second-order valence-corrected chi connectivity index (χ2v) is 13.6. The normalized spacial score (nSPS) is 21.3. The van der Waals surface area contributed by atoms with E-state index in [1.54, 1.807) is 0 Å². The minimum atomic E-state index is -0.931. The molecule has 2 aliphatic rings. The van der Waals surface area contributed by atoms with Crippen molar-refractivity contribution in [3.63, 3.8) is 0 Å². The van der Waals surface area contributed by atoms with E-state index in [0.717, 1.165) is 42.4 Å². The molecule has 170 valence electrons. The third kappa shape index (κ3) is 7.42. The third-order valence-corrected chi connectivity index (χ3v) is 5.76. The van der Waals surface area contributed by atoms with Crippen molar-refractivity contribution in [2.24, 2.45) is 27.7 Å². The molecule has 0 aliphatic carbocycles. The molecule has 0 unspecified atom stereocenters. The number of benzene rings is 1. The van der Waals surface area contributed by atoms with Gasteiger partial charge in [0.1, 0.15) is 12.4 Å². The summed E-state index contributed by atoms with van der Waals surface area (Å²) in [4.78, 5) is 12.3. The van der Waals surface area contributed by atoms with E-state index in [1.807, 2.05) is 6.07 Å². The molecule has 0 radical (unpaired) electrons. The molecule has 2 heterocycles. The monoisotopic (exact) mass is 519 g/mol. The minimum absolute atomic E-state index is 0.220. The van der Waals surface area contributed by atoms with Gasteiger partial charge in [0.15, 0.2) is 0 Å². The first-order valence-corrected chi connectivity index (χ1v) is 19.0. The van der Waals surface area contributed by atoms with Crippen LogP contribution < -0.4 is 0 Å². The van der Waals surface area contributed by atoms with Crippen molar-refractivity contribution in [2.45, 2.75) is 53.1 Å². The van der Waals surface area contributed by atoms with Crippen molar-refractivity contribution in [3.8, 4) is 0 Å². The van der Waals surface area contributed by atoms with E-state index in [2.05, 4.69) is 57.7 Å². The first-order valence-electron chi connectivity index (χ1n) is 11.2. The Hall–Kier alpha value is -0.677. The molecule has 5 nitrogen and oxygen atoms in total. The third-order valence-electron chi connectivity index (χ3n) is 5.76. The van der Waals surface area contributed by atoms with Gasteiger partial charge in [0.05, 0.1) is 12.1 Å². The number of aliphatic hydroxyl groups is 1. The number of aliphatic hydroxyl groups excluding tert-OH is 1. The molecule has 8 heteroatoms. The molecule has 2 aliphatic heterocycles. The van der Waals surface area contributed by atoms with E-state index in [-0.39, 0.29) is 12.6 Å². The van der Waals surface area contributed by atoms with Crippen LogP contribution in [0.15, 0.2) is 34.3 Å². The summed E-state index contributed by atoms with van der Waals surface area (Å²) < 4.78 is 5.99. The molecule has 0 saturated heterocycles. The van der Waals surface area contributed by atoms with Gasteiger partial charge in [-0.3, -0.25) is 4.99 Å². The summed E-state index contributed by atoms with van der Waals surface area (Å²) in [5.41, 5.74) is 2.14. The van der Waals surface area contributed by atoms with Crippen LogP contribution in [0.3, 0.4) is 0 Å². The van der Waals surface area contributed by atoms with Crippen molar-refractivity contribution >= 4 is 31.1 Å². The van der Waals surface area contributed by atoms with Gasteiger partial charge in [-0.1, -0.05) is 52.8 Å². The fourth-order valence-electron chi connectivity index (χ4n) is 3.78. The Bertz CT molecular complexity index is 758. The van der Waals surface area contributed by atoms with Gasteiger partial charge < -0.3 is 14.7 Å².